The fourth-order valence-electron chi connectivity index (χ4n) is 1.90. The number of benzene rings is 2. The molecule has 2 aromatic rings. The first-order valence-corrected chi connectivity index (χ1v) is 6.77. The summed E-state index contributed by atoms with van der Waals surface area (Å²) in [4.78, 5) is 10.8. The van der Waals surface area contributed by atoms with E-state index in [-0.39, 0.29) is 6.42 Å². The molecule has 0 amide bonds. The molecule has 4 nitrogen and oxygen atoms in total. The van der Waals surface area contributed by atoms with Gasteiger partial charge in [0.2, 0.25) is 0 Å². The highest BCUT2D eigenvalue weighted by atomic mass is 16.5. The summed E-state index contributed by atoms with van der Waals surface area (Å²) in [5, 5.41) is 8.85. The molecule has 0 radical (unpaired) electrons. The zero-order valence-corrected chi connectivity index (χ0v) is 11.9. The van der Waals surface area contributed by atoms with Crippen LogP contribution >= 0.6 is 0 Å². The quantitative estimate of drug-likeness (QED) is 0.795. The second kappa shape index (κ2) is 7.33. The van der Waals surface area contributed by atoms with Crippen LogP contribution in [0, 0.1) is 6.92 Å². The number of aryl methyl sites for hydroxylation is 1. The Kier molecular flexibility index (Phi) is 5.21. The molecule has 0 saturated carbocycles. The van der Waals surface area contributed by atoms with Crippen molar-refractivity contribution in [3.63, 3.8) is 0 Å². The third-order valence-corrected chi connectivity index (χ3v) is 2.94. The summed E-state index contributed by atoms with van der Waals surface area (Å²) < 4.78 is 11.2. The Morgan fingerprint density at radius 1 is 1.00 bits per heavy atom. The third-order valence-electron chi connectivity index (χ3n) is 2.94. The predicted octanol–water partition coefficient (Wildman–Crippen LogP) is 3.08. The van der Waals surface area contributed by atoms with Crippen molar-refractivity contribution in [2.45, 2.75) is 13.3 Å². The van der Waals surface area contributed by atoms with Crippen LogP contribution in [0.15, 0.2) is 48.5 Å². The van der Waals surface area contributed by atoms with E-state index in [9.17, 15) is 4.79 Å². The van der Waals surface area contributed by atoms with Crippen LogP contribution in [-0.2, 0) is 11.2 Å². The first kappa shape index (κ1) is 14.9. The number of rotatable bonds is 7. The van der Waals surface area contributed by atoms with Crippen LogP contribution in [0.1, 0.15) is 11.1 Å². The van der Waals surface area contributed by atoms with Crippen LogP contribution in [0.4, 0.5) is 0 Å². The highest BCUT2D eigenvalue weighted by Crippen LogP contribution is 2.18. The number of ether oxygens (including phenoxy) is 2. The Hall–Kier alpha value is -2.49. The Bertz CT molecular complexity index is 590. The zero-order chi connectivity index (χ0) is 15.1. The Morgan fingerprint density at radius 2 is 1.67 bits per heavy atom. The molecule has 0 heterocycles. The summed E-state index contributed by atoms with van der Waals surface area (Å²) in [7, 11) is 0. The molecule has 0 aliphatic carbocycles. The number of hydrogen-bond acceptors (Lipinski definition) is 3. The van der Waals surface area contributed by atoms with Crippen LogP contribution in [0.2, 0.25) is 0 Å². The van der Waals surface area contributed by atoms with Crippen molar-refractivity contribution < 1.29 is 19.4 Å². The van der Waals surface area contributed by atoms with Crippen LogP contribution in [-0.4, -0.2) is 24.3 Å². The van der Waals surface area contributed by atoms with Crippen molar-refractivity contribution in [3.8, 4) is 11.5 Å². The molecule has 0 spiro atoms. The Morgan fingerprint density at radius 3 is 2.38 bits per heavy atom. The number of aliphatic carboxylic acids is 1. The topological polar surface area (TPSA) is 55.8 Å². The SMILES string of the molecule is Cc1ccc(OCCOc2ccccc2CC(=O)O)cc1. The molecule has 0 aliphatic rings. The molecule has 4 heteroatoms. The lowest BCUT2D eigenvalue weighted by molar-refractivity contribution is -0.136. The van der Waals surface area contributed by atoms with Crippen LogP contribution in [0.3, 0.4) is 0 Å². The molecule has 0 unspecified atom stereocenters. The van der Waals surface area contributed by atoms with E-state index in [0.717, 1.165) is 5.75 Å². The van der Waals surface area contributed by atoms with Gasteiger partial charge in [-0.2, -0.15) is 0 Å². The van der Waals surface area contributed by atoms with E-state index in [1.165, 1.54) is 5.56 Å². The van der Waals surface area contributed by atoms with E-state index in [0.29, 0.717) is 24.5 Å². The predicted molar refractivity (Wildman–Crippen MR) is 80.0 cm³/mol. The molecule has 1 N–H and O–H groups in total. The van der Waals surface area contributed by atoms with Gasteiger partial charge in [-0.25, -0.2) is 0 Å². The highest BCUT2D eigenvalue weighted by Gasteiger charge is 2.07. The molecule has 0 aromatic heterocycles. The van der Waals surface area contributed by atoms with Gasteiger partial charge in [0.25, 0.3) is 0 Å². The van der Waals surface area contributed by atoms with Gasteiger partial charge in [0.1, 0.15) is 24.7 Å². The lowest BCUT2D eigenvalue weighted by atomic mass is 10.1. The van der Waals surface area contributed by atoms with E-state index in [1.54, 1.807) is 18.2 Å². The Labute approximate surface area is 123 Å². The summed E-state index contributed by atoms with van der Waals surface area (Å²) in [6.07, 6.45) is -0.0466. The van der Waals surface area contributed by atoms with E-state index in [4.69, 9.17) is 14.6 Å². The van der Waals surface area contributed by atoms with Crippen molar-refractivity contribution in [2.24, 2.45) is 0 Å². The lowest BCUT2D eigenvalue weighted by Crippen LogP contribution is -2.11. The fourth-order valence-corrected chi connectivity index (χ4v) is 1.90. The number of carbonyl (C=O) groups is 1. The smallest absolute Gasteiger partial charge is 0.307 e. The van der Waals surface area contributed by atoms with Gasteiger partial charge in [0, 0.05) is 5.56 Å². The van der Waals surface area contributed by atoms with E-state index in [1.807, 2.05) is 37.3 Å². The first-order chi connectivity index (χ1) is 10.1. The average Bonchev–Trinajstić information content (AvgIpc) is 2.46. The van der Waals surface area contributed by atoms with Gasteiger partial charge in [-0.1, -0.05) is 35.9 Å². The van der Waals surface area contributed by atoms with Crippen molar-refractivity contribution in [1.82, 2.24) is 0 Å². The number of para-hydroxylation sites is 1. The molecule has 0 aliphatic heterocycles. The van der Waals surface area contributed by atoms with Crippen molar-refractivity contribution in [1.29, 1.82) is 0 Å². The van der Waals surface area contributed by atoms with Crippen molar-refractivity contribution in [2.75, 3.05) is 13.2 Å². The van der Waals surface area contributed by atoms with Gasteiger partial charge >= 0.3 is 5.97 Å². The molecule has 21 heavy (non-hydrogen) atoms. The van der Waals surface area contributed by atoms with E-state index >= 15 is 0 Å². The second-order valence-corrected chi connectivity index (χ2v) is 4.69. The van der Waals surface area contributed by atoms with Gasteiger partial charge in [0.15, 0.2) is 0 Å². The molecule has 0 bridgehead atoms. The number of carboxylic acids is 1. The van der Waals surface area contributed by atoms with Crippen molar-refractivity contribution in [3.05, 3.63) is 59.7 Å². The standard InChI is InChI=1S/C17H18O4/c1-13-6-8-15(9-7-13)20-10-11-21-16-5-3-2-4-14(16)12-17(18)19/h2-9H,10-12H2,1H3,(H,18,19). The average molecular weight is 286 g/mol. The van der Waals surface area contributed by atoms with E-state index < -0.39 is 5.97 Å². The number of carboxylic acid groups (broad SMARTS) is 1. The summed E-state index contributed by atoms with van der Waals surface area (Å²) in [6.45, 7) is 2.79. The zero-order valence-electron chi connectivity index (χ0n) is 11.9. The maximum absolute atomic E-state index is 10.8. The van der Waals surface area contributed by atoms with Crippen LogP contribution in [0.25, 0.3) is 0 Å². The van der Waals surface area contributed by atoms with Crippen molar-refractivity contribution >= 4 is 5.97 Å². The largest absolute Gasteiger partial charge is 0.490 e. The van der Waals surface area contributed by atoms with Crippen LogP contribution < -0.4 is 9.47 Å². The fraction of sp³-hybridized carbons (Fsp3) is 0.235. The molecular formula is C17H18O4. The van der Waals surface area contributed by atoms with Crippen LogP contribution in [0.5, 0.6) is 11.5 Å². The monoisotopic (exact) mass is 286 g/mol. The molecule has 0 atom stereocenters. The van der Waals surface area contributed by atoms with Gasteiger partial charge < -0.3 is 14.6 Å². The normalized spacial score (nSPS) is 10.1. The maximum atomic E-state index is 10.8. The summed E-state index contributed by atoms with van der Waals surface area (Å²) in [5.74, 6) is 0.511. The van der Waals surface area contributed by atoms with Gasteiger partial charge in [0.05, 0.1) is 6.42 Å². The molecule has 110 valence electrons. The minimum atomic E-state index is -0.873. The maximum Gasteiger partial charge on any atom is 0.307 e. The molecule has 0 fully saturated rings. The first-order valence-electron chi connectivity index (χ1n) is 6.77. The van der Waals surface area contributed by atoms with E-state index in [2.05, 4.69) is 0 Å². The highest BCUT2D eigenvalue weighted by molar-refractivity contribution is 5.71. The third kappa shape index (κ3) is 4.84. The lowest BCUT2D eigenvalue weighted by Gasteiger charge is -2.11. The molecule has 2 aromatic carbocycles. The minimum Gasteiger partial charge on any atom is -0.490 e. The second-order valence-electron chi connectivity index (χ2n) is 4.69. The van der Waals surface area contributed by atoms with Gasteiger partial charge in [-0.3, -0.25) is 4.79 Å². The van der Waals surface area contributed by atoms with Gasteiger partial charge in [-0.05, 0) is 25.1 Å². The summed E-state index contributed by atoms with van der Waals surface area (Å²) in [6, 6.07) is 14.9. The number of hydrogen-bond donors (Lipinski definition) is 1. The van der Waals surface area contributed by atoms with Gasteiger partial charge in [-0.15, -0.1) is 0 Å². The Balaban J connectivity index is 1.83. The molecule has 2 rings (SSSR count). The molecular weight excluding hydrogens is 268 g/mol. The summed E-state index contributed by atoms with van der Waals surface area (Å²) >= 11 is 0. The summed E-state index contributed by atoms with van der Waals surface area (Å²) in [5.41, 5.74) is 1.85. The molecule has 0 saturated heterocycles. The minimum absolute atomic E-state index is 0.0466.